The summed E-state index contributed by atoms with van der Waals surface area (Å²) in [5.41, 5.74) is 4.93. The number of methoxy groups -OCH3 is 1. The molecule has 0 spiro atoms. The van der Waals surface area contributed by atoms with Crippen molar-refractivity contribution < 1.29 is 17.9 Å². The average molecular weight is 302 g/mol. The molecule has 0 bridgehead atoms. The van der Waals surface area contributed by atoms with Gasteiger partial charge in [-0.25, -0.2) is 0 Å². The van der Waals surface area contributed by atoms with Gasteiger partial charge in [0.1, 0.15) is 17.4 Å². The zero-order valence-corrected chi connectivity index (χ0v) is 11.9. The molecule has 116 valence electrons. The molecule has 0 aliphatic heterocycles. The third kappa shape index (κ3) is 4.90. The largest absolute Gasteiger partial charge is 0.497 e. The third-order valence-electron chi connectivity index (χ3n) is 2.53. The number of nitrogens with one attached hydrogen (secondary N) is 2. The number of benzene rings is 1. The Hall–Kier alpha value is -2.38. The lowest BCUT2D eigenvalue weighted by molar-refractivity contribution is -0.137. The Morgan fingerprint density at radius 2 is 1.95 bits per heavy atom. The van der Waals surface area contributed by atoms with Crippen LogP contribution in [0.25, 0.3) is 0 Å². The van der Waals surface area contributed by atoms with E-state index in [1.807, 2.05) is 0 Å². The molecule has 0 fully saturated rings. The third-order valence-corrected chi connectivity index (χ3v) is 2.53. The second kappa shape index (κ2) is 6.38. The summed E-state index contributed by atoms with van der Waals surface area (Å²) in [6.45, 7) is 0. The lowest BCUT2D eigenvalue weighted by atomic mass is 10.1. The van der Waals surface area contributed by atoms with E-state index in [2.05, 4.69) is 5.32 Å². The Kier molecular flexibility index (Phi) is 5.07. The number of anilines is 1. The molecular weight excluding hydrogens is 285 g/mol. The van der Waals surface area contributed by atoms with Crippen molar-refractivity contribution in [3.05, 3.63) is 35.7 Å². The molecule has 0 aliphatic carbocycles. The molecule has 0 unspecified atom stereocenters. The first-order chi connectivity index (χ1) is 9.63. The molecule has 5 nitrogen and oxygen atoms in total. The molecule has 0 saturated carbocycles. The second-order valence-electron chi connectivity index (χ2n) is 4.45. The highest BCUT2D eigenvalue weighted by Crippen LogP contribution is 2.34. The van der Waals surface area contributed by atoms with Crippen LogP contribution in [0.3, 0.4) is 0 Å². The minimum atomic E-state index is -4.49. The predicted molar refractivity (Wildman–Crippen MR) is 75.3 cm³/mol. The molecular formula is C13H17F3N4O. The molecule has 1 aromatic rings. The average Bonchev–Trinajstić information content (AvgIpc) is 2.36. The van der Waals surface area contributed by atoms with Crippen LogP contribution in [0.5, 0.6) is 5.75 Å². The van der Waals surface area contributed by atoms with Crippen molar-refractivity contribution in [1.29, 1.82) is 5.41 Å². The summed E-state index contributed by atoms with van der Waals surface area (Å²) in [5.74, 6) is 0.219. The highest BCUT2D eigenvalue weighted by atomic mass is 19.4. The van der Waals surface area contributed by atoms with Crippen LogP contribution in [0.15, 0.2) is 30.1 Å². The molecule has 0 aliphatic rings. The van der Waals surface area contributed by atoms with Gasteiger partial charge < -0.3 is 20.7 Å². The zero-order valence-electron chi connectivity index (χ0n) is 11.9. The van der Waals surface area contributed by atoms with Crippen molar-refractivity contribution in [1.82, 2.24) is 4.90 Å². The molecule has 0 atom stereocenters. The number of ether oxygens (including phenoxy) is 1. The van der Waals surface area contributed by atoms with Crippen LogP contribution >= 0.6 is 0 Å². The zero-order chi connectivity index (χ0) is 16.2. The first-order valence-corrected chi connectivity index (χ1v) is 5.90. The van der Waals surface area contributed by atoms with Gasteiger partial charge in [0.15, 0.2) is 0 Å². The Bertz CT molecular complexity index is 553. The Morgan fingerprint density at radius 1 is 1.33 bits per heavy atom. The van der Waals surface area contributed by atoms with Gasteiger partial charge in [0, 0.05) is 31.9 Å². The molecule has 0 radical (unpaired) electrons. The molecule has 1 aromatic carbocycles. The summed E-state index contributed by atoms with van der Waals surface area (Å²) in [7, 11) is 4.58. The number of rotatable bonds is 4. The monoisotopic (exact) mass is 302 g/mol. The van der Waals surface area contributed by atoms with E-state index in [0.717, 1.165) is 12.1 Å². The van der Waals surface area contributed by atoms with E-state index in [1.165, 1.54) is 24.2 Å². The highest BCUT2D eigenvalue weighted by Gasteiger charge is 2.31. The number of alkyl halides is 3. The van der Waals surface area contributed by atoms with E-state index in [1.54, 1.807) is 14.1 Å². The lowest BCUT2D eigenvalue weighted by Crippen LogP contribution is -2.21. The number of halogens is 3. The first kappa shape index (κ1) is 16.7. The van der Waals surface area contributed by atoms with Gasteiger partial charge >= 0.3 is 6.18 Å². The van der Waals surface area contributed by atoms with Gasteiger partial charge in [-0.05, 0) is 12.1 Å². The quantitative estimate of drug-likeness (QED) is 0.590. The van der Waals surface area contributed by atoms with E-state index in [9.17, 15) is 13.2 Å². The normalized spacial score (nSPS) is 12.0. The summed E-state index contributed by atoms with van der Waals surface area (Å²) in [6.07, 6.45) is -3.19. The molecule has 0 aromatic heterocycles. The van der Waals surface area contributed by atoms with Crippen molar-refractivity contribution in [2.24, 2.45) is 5.73 Å². The van der Waals surface area contributed by atoms with E-state index in [-0.39, 0.29) is 23.1 Å². The highest BCUT2D eigenvalue weighted by molar-refractivity contribution is 5.90. The van der Waals surface area contributed by atoms with Crippen LogP contribution in [-0.2, 0) is 6.18 Å². The van der Waals surface area contributed by atoms with Crippen molar-refractivity contribution in [3.8, 4) is 5.75 Å². The SMILES string of the molecule is COc1cc(N/C(N)=C/C(=N)N(C)C)cc(C(F)(F)F)c1. The fourth-order valence-corrected chi connectivity index (χ4v) is 1.43. The topological polar surface area (TPSA) is 74.4 Å². The summed E-state index contributed by atoms with van der Waals surface area (Å²) in [6, 6.07) is 3.20. The molecule has 0 saturated heterocycles. The van der Waals surface area contributed by atoms with Gasteiger partial charge in [-0.2, -0.15) is 13.2 Å². The van der Waals surface area contributed by atoms with Gasteiger partial charge in [-0.1, -0.05) is 0 Å². The molecule has 4 N–H and O–H groups in total. The van der Waals surface area contributed by atoms with E-state index in [4.69, 9.17) is 15.9 Å². The van der Waals surface area contributed by atoms with Gasteiger partial charge in [0.2, 0.25) is 0 Å². The standard InChI is InChI=1S/C13H17F3N4O/c1-20(2)12(18)7-11(17)19-9-4-8(13(14,15)16)5-10(6-9)21-3/h4-7,18-19H,17H2,1-3H3/b11-7+,18-12?. The van der Waals surface area contributed by atoms with Crippen molar-refractivity contribution in [3.63, 3.8) is 0 Å². The molecule has 8 heteroatoms. The number of hydrogen-bond donors (Lipinski definition) is 3. The Morgan fingerprint density at radius 3 is 2.43 bits per heavy atom. The predicted octanol–water partition coefficient (Wildman–Crippen LogP) is 2.46. The van der Waals surface area contributed by atoms with E-state index in [0.29, 0.717) is 0 Å². The molecule has 0 amide bonds. The number of nitrogens with two attached hydrogens (primary N) is 1. The minimum Gasteiger partial charge on any atom is -0.497 e. The fourth-order valence-electron chi connectivity index (χ4n) is 1.43. The number of nitrogens with zero attached hydrogens (tertiary/aromatic N) is 1. The molecule has 0 heterocycles. The summed E-state index contributed by atoms with van der Waals surface area (Å²) in [4.78, 5) is 1.50. The second-order valence-corrected chi connectivity index (χ2v) is 4.45. The van der Waals surface area contributed by atoms with Gasteiger partial charge in [0.05, 0.1) is 12.7 Å². The van der Waals surface area contributed by atoms with Gasteiger partial charge in [0.25, 0.3) is 0 Å². The fraction of sp³-hybridized carbons (Fsp3) is 0.308. The van der Waals surface area contributed by atoms with Crippen molar-refractivity contribution in [2.75, 3.05) is 26.5 Å². The molecule has 1 rings (SSSR count). The van der Waals surface area contributed by atoms with E-state index < -0.39 is 11.7 Å². The smallest absolute Gasteiger partial charge is 0.416 e. The van der Waals surface area contributed by atoms with Crippen LogP contribution in [0.4, 0.5) is 18.9 Å². The van der Waals surface area contributed by atoms with Crippen LogP contribution in [0.1, 0.15) is 5.56 Å². The number of amidine groups is 1. The van der Waals surface area contributed by atoms with Gasteiger partial charge in [-0.3, -0.25) is 5.41 Å². The Balaban J connectivity index is 3.06. The maximum Gasteiger partial charge on any atom is 0.416 e. The number of likely N-dealkylation sites (N-methyl/N-ethyl adjacent to an activating group) is 1. The lowest BCUT2D eigenvalue weighted by Gasteiger charge is -2.14. The van der Waals surface area contributed by atoms with Crippen LogP contribution in [-0.4, -0.2) is 31.9 Å². The summed E-state index contributed by atoms with van der Waals surface area (Å²) < 4.78 is 43.1. The van der Waals surface area contributed by atoms with E-state index >= 15 is 0 Å². The van der Waals surface area contributed by atoms with Crippen LogP contribution in [0.2, 0.25) is 0 Å². The first-order valence-electron chi connectivity index (χ1n) is 5.90. The van der Waals surface area contributed by atoms with Crippen LogP contribution < -0.4 is 15.8 Å². The minimum absolute atomic E-state index is 0.0510. The van der Waals surface area contributed by atoms with Gasteiger partial charge in [-0.15, -0.1) is 0 Å². The van der Waals surface area contributed by atoms with Crippen molar-refractivity contribution >= 4 is 11.5 Å². The summed E-state index contributed by atoms with van der Waals surface area (Å²) >= 11 is 0. The number of hydrogen-bond acceptors (Lipinski definition) is 4. The maximum absolute atomic E-state index is 12.8. The summed E-state index contributed by atoms with van der Waals surface area (Å²) in [5, 5.41) is 10.2. The van der Waals surface area contributed by atoms with Crippen LogP contribution in [0, 0.1) is 5.41 Å². The maximum atomic E-state index is 12.8. The van der Waals surface area contributed by atoms with Crippen molar-refractivity contribution in [2.45, 2.75) is 6.18 Å². The Labute approximate surface area is 120 Å². The molecule has 21 heavy (non-hydrogen) atoms.